The summed E-state index contributed by atoms with van der Waals surface area (Å²) in [5.74, 6) is 2.41. The maximum atomic E-state index is 5.69. The van der Waals surface area contributed by atoms with Crippen LogP contribution in [0.3, 0.4) is 0 Å². The second kappa shape index (κ2) is 5.96. The summed E-state index contributed by atoms with van der Waals surface area (Å²) in [6, 6.07) is 5.17. The largest absolute Gasteiger partial charge is 0.496 e. The SMILES string of the molecule is CCNC1CCC(c2ccc(C)c(C)c2OC)C1C. The first-order valence-electron chi connectivity index (χ1n) is 7.47. The lowest BCUT2D eigenvalue weighted by molar-refractivity contribution is 0.381. The van der Waals surface area contributed by atoms with Gasteiger partial charge in [-0.2, -0.15) is 0 Å². The Hall–Kier alpha value is -1.02. The predicted molar refractivity (Wildman–Crippen MR) is 81.1 cm³/mol. The number of ether oxygens (including phenoxy) is 1. The summed E-state index contributed by atoms with van der Waals surface area (Å²) in [4.78, 5) is 0. The molecule has 0 aliphatic heterocycles. The molecule has 19 heavy (non-hydrogen) atoms. The van der Waals surface area contributed by atoms with Gasteiger partial charge in [0.2, 0.25) is 0 Å². The van der Waals surface area contributed by atoms with E-state index in [1.807, 2.05) is 0 Å². The Morgan fingerprint density at radius 2 is 2.00 bits per heavy atom. The van der Waals surface area contributed by atoms with Gasteiger partial charge in [-0.1, -0.05) is 26.0 Å². The van der Waals surface area contributed by atoms with E-state index >= 15 is 0 Å². The van der Waals surface area contributed by atoms with Crippen LogP contribution in [0.15, 0.2) is 12.1 Å². The van der Waals surface area contributed by atoms with Gasteiger partial charge in [-0.25, -0.2) is 0 Å². The highest BCUT2D eigenvalue weighted by Gasteiger charge is 2.34. The molecule has 0 radical (unpaired) electrons. The zero-order valence-electron chi connectivity index (χ0n) is 12.9. The van der Waals surface area contributed by atoms with Gasteiger partial charge in [0.1, 0.15) is 5.75 Å². The maximum absolute atomic E-state index is 5.69. The molecule has 2 nitrogen and oxygen atoms in total. The Labute approximate surface area is 117 Å². The molecule has 0 amide bonds. The topological polar surface area (TPSA) is 21.3 Å². The predicted octanol–water partition coefficient (Wildman–Crippen LogP) is 3.80. The monoisotopic (exact) mass is 261 g/mol. The molecular weight excluding hydrogens is 234 g/mol. The van der Waals surface area contributed by atoms with E-state index in [2.05, 4.69) is 45.1 Å². The minimum absolute atomic E-state index is 0.623. The van der Waals surface area contributed by atoms with E-state index in [-0.39, 0.29) is 0 Å². The van der Waals surface area contributed by atoms with E-state index in [0.717, 1.165) is 12.3 Å². The molecule has 1 aromatic carbocycles. The van der Waals surface area contributed by atoms with Gasteiger partial charge in [-0.05, 0) is 61.8 Å². The Morgan fingerprint density at radius 1 is 1.26 bits per heavy atom. The average Bonchev–Trinajstić information content (AvgIpc) is 2.75. The quantitative estimate of drug-likeness (QED) is 0.890. The molecule has 0 aromatic heterocycles. The molecule has 0 spiro atoms. The number of benzene rings is 1. The number of nitrogens with one attached hydrogen (secondary N) is 1. The summed E-state index contributed by atoms with van der Waals surface area (Å²) in [6.45, 7) is 9.95. The fraction of sp³-hybridized carbons (Fsp3) is 0.647. The van der Waals surface area contributed by atoms with Crippen molar-refractivity contribution in [1.82, 2.24) is 5.32 Å². The van der Waals surface area contributed by atoms with E-state index in [4.69, 9.17) is 4.74 Å². The smallest absolute Gasteiger partial charge is 0.125 e. The molecule has 1 fully saturated rings. The fourth-order valence-corrected chi connectivity index (χ4v) is 3.53. The van der Waals surface area contributed by atoms with Gasteiger partial charge in [0, 0.05) is 6.04 Å². The standard InChI is InChI=1S/C17H27NO/c1-6-18-16-10-9-14(13(16)4)15-8-7-11(2)12(3)17(15)19-5/h7-8,13-14,16,18H,6,9-10H2,1-5H3. The van der Waals surface area contributed by atoms with Crippen molar-refractivity contribution in [3.05, 3.63) is 28.8 Å². The lowest BCUT2D eigenvalue weighted by atomic mass is 9.86. The van der Waals surface area contributed by atoms with E-state index in [1.54, 1.807) is 7.11 Å². The lowest BCUT2D eigenvalue weighted by Gasteiger charge is -2.24. The Balaban J connectivity index is 2.30. The van der Waals surface area contributed by atoms with Crippen molar-refractivity contribution < 1.29 is 4.74 Å². The molecule has 1 aliphatic rings. The Morgan fingerprint density at radius 3 is 2.63 bits per heavy atom. The van der Waals surface area contributed by atoms with Crippen molar-refractivity contribution in [2.45, 2.75) is 52.5 Å². The normalized spacial score (nSPS) is 26.7. The van der Waals surface area contributed by atoms with Crippen LogP contribution in [0, 0.1) is 19.8 Å². The van der Waals surface area contributed by atoms with Crippen LogP contribution in [0.1, 0.15) is 49.3 Å². The molecule has 1 N–H and O–H groups in total. The molecule has 0 heterocycles. The zero-order valence-corrected chi connectivity index (χ0v) is 12.9. The van der Waals surface area contributed by atoms with Gasteiger partial charge < -0.3 is 10.1 Å². The third-order valence-electron chi connectivity index (χ3n) is 4.84. The van der Waals surface area contributed by atoms with Crippen molar-refractivity contribution in [3.63, 3.8) is 0 Å². The van der Waals surface area contributed by atoms with Crippen LogP contribution in [0.4, 0.5) is 0 Å². The van der Waals surface area contributed by atoms with E-state index in [9.17, 15) is 0 Å². The molecular formula is C17H27NO. The van der Waals surface area contributed by atoms with E-state index in [0.29, 0.717) is 17.9 Å². The number of rotatable bonds is 4. The summed E-state index contributed by atoms with van der Waals surface area (Å²) in [6.07, 6.45) is 2.54. The molecule has 1 aromatic rings. The molecule has 2 heteroatoms. The minimum Gasteiger partial charge on any atom is -0.496 e. The van der Waals surface area contributed by atoms with Crippen LogP contribution in [0.5, 0.6) is 5.75 Å². The van der Waals surface area contributed by atoms with Crippen molar-refractivity contribution >= 4 is 0 Å². The summed E-state index contributed by atoms with van der Waals surface area (Å²) in [5.41, 5.74) is 4.01. The summed E-state index contributed by atoms with van der Waals surface area (Å²) < 4.78 is 5.69. The van der Waals surface area contributed by atoms with Gasteiger partial charge >= 0.3 is 0 Å². The first-order chi connectivity index (χ1) is 9.10. The van der Waals surface area contributed by atoms with Crippen LogP contribution in [0.2, 0.25) is 0 Å². The van der Waals surface area contributed by atoms with Gasteiger partial charge in [-0.15, -0.1) is 0 Å². The van der Waals surface area contributed by atoms with Gasteiger partial charge in [-0.3, -0.25) is 0 Å². The van der Waals surface area contributed by atoms with E-state index in [1.165, 1.54) is 29.5 Å². The summed E-state index contributed by atoms with van der Waals surface area (Å²) >= 11 is 0. The van der Waals surface area contributed by atoms with Crippen LogP contribution < -0.4 is 10.1 Å². The van der Waals surface area contributed by atoms with E-state index < -0.39 is 0 Å². The van der Waals surface area contributed by atoms with Crippen LogP contribution in [-0.4, -0.2) is 19.7 Å². The molecule has 2 rings (SSSR count). The number of methoxy groups -OCH3 is 1. The van der Waals surface area contributed by atoms with Gasteiger partial charge in [0.15, 0.2) is 0 Å². The fourth-order valence-electron chi connectivity index (χ4n) is 3.53. The van der Waals surface area contributed by atoms with Gasteiger partial charge in [0.05, 0.1) is 7.11 Å². The first kappa shape index (κ1) is 14.4. The number of aryl methyl sites for hydroxylation is 1. The first-order valence-corrected chi connectivity index (χ1v) is 7.47. The molecule has 1 aliphatic carbocycles. The highest BCUT2D eigenvalue weighted by atomic mass is 16.5. The van der Waals surface area contributed by atoms with Gasteiger partial charge in [0.25, 0.3) is 0 Å². The molecule has 3 atom stereocenters. The highest BCUT2D eigenvalue weighted by molar-refractivity contribution is 5.47. The number of hydrogen-bond donors (Lipinski definition) is 1. The average molecular weight is 261 g/mol. The van der Waals surface area contributed by atoms with Crippen molar-refractivity contribution in [1.29, 1.82) is 0 Å². The maximum Gasteiger partial charge on any atom is 0.125 e. The van der Waals surface area contributed by atoms with Crippen LogP contribution in [-0.2, 0) is 0 Å². The second-order valence-electron chi connectivity index (χ2n) is 5.84. The molecule has 0 saturated heterocycles. The van der Waals surface area contributed by atoms with Crippen molar-refractivity contribution in [3.8, 4) is 5.75 Å². The molecule has 0 bridgehead atoms. The molecule has 1 saturated carbocycles. The summed E-state index contributed by atoms with van der Waals surface area (Å²) in [7, 11) is 1.80. The molecule has 3 unspecified atom stereocenters. The third kappa shape index (κ3) is 2.64. The highest BCUT2D eigenvalue weighted by Crippen LogP contribution is 2.44. The van der Waals surface area contributed by atoms with Crippen molar-refractivity contribution in [2.24, 2.45) is 5.92 Å². The zero-order chi connectivity index (χ0) is 14.0. The summed E-state index contributed by atoms with van der Waals surface area (Å²) in [5, 5.41) is 3.62. The Kier molecular flexibility index (Phi) is 4.51. The van der Waals surface area contributed by atoms with Crippen molar-refractivity contribution in [2.75, 3.05) is 13.7 Å². The van der Waals surface area contributed by atoms with Crippen LogP contribution in [0.25, 0.3) is 0 Å². The second-order valence-corrected chi connectivity index (χ2v) is 5.84. The Bertz CT molecular complexity index is 441. The minimum atomic E-state index is 0.623. The third-order valence-corrected chi connectivity index (χ3v) is 4.84. The molecule has 106 valence electrons. The number of hydrogen-bond acceptors (Lipinski definition) is 2. The lowest BCUT2D eigenvalue weighted by Crippen LogP contribution is -2.32. The van der Waals surface area contributed by atoms with Crippen LogP contribution >= 0.6 is 0 Å².